The van der Waals surface area contributed by atoms with Gasteiger partial charge in [0.15, 0.2) is 0 Å². The second kappa shape index (κ2) is 9.38. The van der Waals surface area contributed by atoms with Crippen LogP contribution in [0.5, 0.6) is 0 Å². The predicted molar refractivity (Wildman–Crippen MR) is 110 cm³/mol. The minimum atomic E-state index is -0.231. The Morgan fingerprint density at radius 3 is 2.68 bits per heavy atom. The van der Waals surface area contributed by atoms with Gasteiger partial charge in [0.25, 0.3) is 5.78 Å². The molecule has 3 rings (SSSR count). The number of fused-ring (bicyclic) bond motifs is 1. The molecule has 9 heteroatoms. The lowest BCUT2D eigenvalue weighted by atomic mass is 10.1. The topological polar surface area (TPSA) is 72.2 Å². The Hall–Kier alpha value is -2.13. The van der Waals surface area contributed by atoms with Crippen molar-refractivity contribution in [2.45, 2.75) is 36.7 Å². The van der Waals surface area contributed by atoms with Gasteiger partial charge in [-0.15, -0.1) is 16.9 Å². The van der Waals surface area contributed by atoms with E-state index in [4.69, 9.17) is 0 Å². The van der Waals surface area contributed by atoms with Gasteiger partial charge in [0.1, 0.15) is 5.82 Å². The zero-order valence-electron chi connectivity index (χ0n) is 16.0. The summed E-state index contributed by atoms with van der Waals surface area (Å²) in [4.78, 5) is 22.2. The molecule has 0 spiro atoms. The van der Waals surface area contributed by atoms with E-state index < -0.39 is 0 Å². The van der Waals surface area contributed by atoms with Crippen LogP contribution < -0.4 is 5.32 Å². The summed E-state index contributed by atoms with van der Waals surface area (Å²) in [7, 11) is 0. The van der Waals surface area contributed by atoms with Crippen molar-refractivity contribution >= 4 is 35.2 Å². The third-order valence-corrected chi connectivity index (χ3v) is 5.91. The largest absolute Gasteiger partial charge is 0.356 e. The number of aromatic nitrogens is 4. The minimum absolute atomic E-state index is 0.0377. The van der Waals surface area contributed by atoms with E-state index in [1.807, 2.05) is 20.1 Å². The Morgan fingerprint density at radius 1 is 1.21 bits per heavy atom. The van der Waals surface area contributed by atoms with Crippen LogP contribution in [0.15, 0.2) is 34.3 Å². The lowest BCUT2D eigenvalue weighted by Crippen LogP contribution is -2.27. The van der Waals surface area contributed by atoms with Crippen LogP contribution in [0.25, 0.3) is 5.78 Å². The van der Waals surface area contributed by atoms with Gasteiger partial charge >= 0.3 is 0 Å². The van der Waals surface area contributed by atoms with E-state index in [0.717, 1.165) is 34.0 Å². The Morgan fingerprint density at radius 2 is 1.96 bits per heavy atom. The number of hydrogen-bond donors (Lipinski definition) is 1. The van der Waals surface area contributed by atoms with Gasteiger partial charge < -0.3 is 5.32 Å². The summed E-state index contributed by atoms with van der Waals surface area (Å²) < 4.78 is 14.6. The molecule has 6 nitrogen and oxygen atoms in total. The maximum Gasteiger partial charge on any atom is 0.253 e. The molecule has 0 saturated heterocycles. The maximum atomic E-state index is 12.9. The second-order valence-electron chi connectivity index (χ2n) is 6.25. The first-order valence-corrected chi connectivity index (χ1v) is 11.1. The molecule has 0 aliphatic carbocycles. The molecule has 0 aliphatic heterocycles. The summed E-state index contributed by atoms with van der Waals surface area (Å²) in [5.74, 6) is 1.14. The predicted octanol–water partition coefficient (Wildman–Crippen LogP) is 3.44. The fourth-order valence-corrected chi connectivity index (χ4v) is 3.97. The molecule has 1 aromatic carbocycles. The van der Waals surface area contributed by atoms with Crippen molar-refractivity contribution in [2.75, 3.05) is 18.6 Å². The van der Waals surface area contributed by atoms with Gasteiger partial charge in [-0.3, -0.25) is 4.79 Å². The molecule has 0 radical (unpaired) electrons. The number of carbonyl (C=O) groups is 1. The molecule has 0 bridgehead atoms. The Labute approximate surface area is 171 Å². The number of amides is 1. The summed E-state index contributed by atoms with van der Waals surface area (Å²) in [6, 6.07) is 6.44. The third-order valence-electron chi connectivity index (χ3n) is 4.28. The number of nitrogens with zero attached hydrogens (tertiary/aromatic N) is 4. The standard InChI is InChI=1S/C19H22FN5OS2/c1-12-16(13(2)25-18(22-12)23-19(24-25)27-3)11-17(26)21-9-4-10-28-15-7-5-14(20)6-8-15/h5-8H,4,9-11H2,1-3H3,(H,21,26). The van der Waals surface area contributed by atoms with Crippen LogP contribution in [0.2, 0.25) is 0 Å². The monoisotopic (exact) mass is 419 g/mol. The van der Waals surface area contributed by atoms with Crippen molar-refractivity contribution in [1.82, 2.24) is 24.9 Å². The zero-order chi connectivity index (χ0) is 20.1. The fraction of sp³-hybridized carbons (Fsp3) is 0.368. The van der Waals surface area contributed by atoms with Crippen LogP contribution in [-0.2, 0) is 11.2 Å². The highest BCUT2D eigenvalue weighted by atomic mass is 32.2. The molecule has 0 unspecified atom stereocenters. The fourth-order valence-electron chi connectivity index (χ4n) is 2.78. The maximum absolute atomic E-state index is 12.9. The summed E-state index contributed by atoms with van der Waals surface area (Å²) in [5, 5.41) is 8.03. The summed E-state index contributed by atoms with van der Waals surface area (Å²) in [5.41, 5.74) is 2.56. The highest BCUT2D eigenvalue weighted by molar-refractivity contribution is 7.99. The van der Waals surface area contributed by atoms with Crippen molar-refractivity contribution in [1.29, 1.82) is 0 Å². The summed E-state index contributed by atoms with van der Waals surface area (Å²) >= 11 is 3.11. The first-order chi connectivity index (χ1) is 13.5. The van der Waals surface area contributed by atoms with E-state index in [1.54, 1.807) is 28.4 Å². The second-order valence-corrected chi connectivity index (χ2v) is 8.20. The van der Waals surface area contributed by atoms with E-state index in [9.17, 15) is 9.18 Å². The molecule has 0 saturated carbocycles. The molecule has 3 aromatic rings. The van der Waals surface area contributed by atoms with Crippen LogP contribution in [0, 0.1) is 19.7 Å². The first-order valence-electron chi connectivity index (χ1n) is 8.90. The molecule has 0 atom stereocenters. The van der Waals surface area contributed by atoms with Gasteiger partial charge in [-0.1, -0.05) is 11.8 Å². The van der Waals surface area contributed by atoms with Crippen LogP contribution in [0.1, 0.15) is 23.4 Å². The van der Waals surface area contributed by atoms with E-state index in [0.29, 0.717) is 17.5 Å². The number of carbonyl (C=O) groups excluding carboxylic acids is 1. The minimum Gasteiger partial charge on any atom is -0.356 e. The number of benzene rings is 1. The van der Waals surface area contributed by atoms with Crippen LogP contribution in [0.4, 0.5) is 4.39 Å². The van der Waals surface area contributed by atoms with Gasteiger partial charge in [0.2, 0.25) is 11.1 Å². The lowest BCUT2D eigenvalue weighted by molar-refractivity contribution is -0.120. The average molecular weight is 420 g/mol. The van der Waals surface area contributed by atoms with Crippen molar-refractivity contribution in [2.24, 2.45) is 0 Å². The lowest BCUT2D eigenvalue weighted by Gasteiger charge is -2.10. The SMILES string of the molecule is CSc1nc2nc(C)c(CC(=O)NCCCSc3ccc(F)cc3)c(C)n2n1. The van der Waals surface area contributed by atoms with Crippen molar-refractivity contribution in [3.05, 3.63) is 47.0 Å². The molecule has 0 fully saturated rings. The summed E-state index contributed by atoms with van der Waals surface area (Å²) in [6.07, 6.45) is 3.02. The highest BCUT2D eigenvalue weighted by Crippen LogP contribution is 2.19. The Kier molecular flexibility index (Phi) is 6.90. The van der Waals surface area contributed by atoms with E-state index in [2.05, 4.69) is 20.4 Å². The van der Waals surface area contributed by atoms with Crippen LogP contribution in [-0.4, -0.2) is 44.0 Å². The highest BCUT2D eigenvalue weighted by Gasteiger charge is 2.15. The van der Waals surface area contributed by atoms with Crippen molar-refractivity contribution in [3.8, 4) is 0 Å². The molecule has 148 valence electrons. The molecule has 1 amide bonds. The molecule has 0 aliphatic rings. The molecule has 2 aromatic heterocycles. The van der Waals surface area contributed by atoms with Crippen molar-refractivity contribution < 1.29 is 9.18 Å². The molecular weight excluding hydrogens is 397 g/mol. The quantitative estimate of drug-likeness (QED) is 0.445. The van der Waals surface area contributed by atoms with E-state index in [-0.39, 0.29) is 18.1 Å². The Bertz CT molecular complexity index is 975. The van der Waals surface area contributed by atoms with Gasteiger partial charge in [0.05, 0.1) is 6.42 Å². The third kappa shape index (κ3) is 5.02. The van der Waals surface area contributed by atoms with E-state index in [1.165, 1.54) is 23.9 Å². The number of aryl methyl sites for hydroxylation is 2. The van der Waals surface area contributed by atoms with Gasteiger partial charge in [-0.2, -0.15) is 4.98 Å². The van der Waals surface area contributed by atoms with Crippen LogP contribution >= 0.6 is 23.5 Å². The molecular formula is C19H22FN5OS2. The van der Waals surface area contributed by atoms with Gasteiger partial charge in [-0.05, 0) is 56.5 Å². The number of rotatable bonds is 8. The number of nitrogens with one attached hydrogen (secondary N) is 1. The number of thioether (sulfide) groups is 2. The normalized spacial score (nSPS) is 11.1. The van der Waals surface area contributed by atoms with Crippen molar-refractivity contribution in [3.63, 3.8) is 0 Å². The Balaban J connectivity index is 1.51. The molecule has 2 heterocycles. The number of hydrogen-bond acceptors (Lipinski definition) is 6. The van der Waals surface area contributed by atoms with Gasteiger partial charge in [-0.25, -0.2) is 13.9 Å². The first kappa shape index (κ1) is 20.6. The average Bonchev–Trinajstić information content (AvgIpc) is 3.09. The summed E-state index contributed by atoms with van der Waals surface area (Å²) in [6.45, 7) is 4.42. The molecule has 1 N–H and O–H groups in total. The van der Waals surface area contributed by atoms with E-state index >= 15 is 0 Å². The van der Waals surface area contributed by atoms with Gasteiger partial charge in [0, 0.05) is 28.4 Å². The smallest absolute Gasteiger partial charge is 0.253 e. The van der Waals surface area contributed by atoms with Crippen LogP contribution in [0.3, 0.4) is 0 Å². The molecule has 28 heavy (non-hydrogen) atoms. The number of halogens is 1. The zero-order valence-corrected chi connectivity index (χ0v) is 17.7.